The van der Waals surface area contributed by atoms with Gasteiger partial charge in [0.2, 0.25) is 0 Å². The number of benzene rings is 1. The Balaban J connectivity index is 2.72. The average Bonchev–Trinajstić information content (AvgIpc) is 2.27. The molecule has 1 atom stereocenters. The second-order valence-corrected chi connectivity index (χ2v) is 4.68. The van der Waals surface area contributed by atoms with E-state index in [2.05, 4.69) is 21.2 Å². The molecule has 0 aliphatic carbocycles. The minimum absolute atomic E-state index is 0.108. The highest BCUT2D eigenvalue weighted by Gasteiger charge is 2.13. The van der Waals surface area contributed by atoms with Gasteiger partial charge in [0.1, 0.15) is 5.75 Å². The zero-order valence-corrected chi connectivity index (χ0v) is 11.7. The third kappa shape index (κ3) is 4.03. The van der Waals surface area contributed by atoms with E-state index in [0.717, 1.165) is 0 Å². The number of carbonyl (C=O) groups excluding carboxylic acids is 1. The third-order valence-corrected chi connectivity index (χ3v) is 2.89. The first-order valence-corrected chi connectivity index (χ1v) is 6.09. The van der Waals surface area contributed by atoms with Crippen LogP contribution in [0.3, 0.4) is 0 Å². The minimum Gasteiger partial charge on any atom is -0.496 e. The van der Waals surface area contributed by atoms with Crippen molar-refractivity contribution in [2.45, 2.75) is 19.4 Å². The van der Waals surface area contributed by atoms with Gasteiger partial charge >= 0.3 is 5.97 Å². The molecule has 0 fully saturated rings. The van der Waals surface area contributed by atoms with E-state index in [0.29, 0.717) is 15.8 Å². The molecule has 1 amide bonds. The maximum absolute atomic E-state index is 11.8. The van der Waals surface area contributed by atoms with Gasteiger partial charge in [0.05, 0.1) is 18.0 Å². The number of rotatable bonds is 5. The first-order chi connectivity index (χ1) is 8.43. The number of carboxylic acid groups (broad SMARTS) is 1. The molecule has 98 valence electrons. The Morgan fingerprint density at radius 1 is 1.50 bits per heavy atom. The number of ether oxygens (including phenoxy) is 1. The molecule has 1 aromatic carbocycles. The standard InChI is InChI=1S/C12H14BrNO4/c1-7(5-11(15)16)14-12(17)8-3-4-10(18-2)9(13)6-8/h3-4,6-7H,5H2,1-2H3,(H,14,17)(H,15,16). The van der Waals surface area contributed by atoms with Gasteiger partial charge in [-0.3, -0.25) is 9.59 Å². The van der Waals surface area contributed by atoms with Crippen molar-refractivity contribution in [3.63, 3.8) is 0 Å². The Hall–Kier alpha value is -1.56. The largest absolute Gasteiger partial charge is 0.496 e. The summed E-state index contributed by atoms with van der Waals surface area (Å²) in [4.78, 5) is 22.3. The molecule has 5 nitrogen and oxygen atoms in total. The molecule has 0 radical (unpaired) electrons. The summed E-state index contributed by atoms with van der Waals surface area (Å²) in [6, 6.07) is 4.49. The summed E-state index contributed by atoms with van der Waals surface area (Å²) in [6.07, 6.45) is -0.108. The van der Waals surface area contributed by atoms with E-state index in [1.165, 1.54) is 7.11 Å². The molecule has 0 bridgehead atoms. The molecule has 6 heteroatoms. The lowest BCUT2D eigenvalue weighted by Gasteiger charge is -2.12. The molecule has 0 saturated heterocycles. The normalized spacial score (nSPS) is 11.7. The van der Waals surface area contributed by atoms with Crippen molar-refractivity contribution in [2.24, 2.45) is 0 Å². The fraction of sp³-hybridized carbons (Fsp3) is 0.333. The summed E-state index contributed by atoms with van der Waals surface area (Å²) in [5, 5.41) is 11.2. The zero-order valence-electron chi connectivity index (χ0n) is 10.1. The van der Waals surface area contributed by atoms with Crippen molar-refractivity contribution in [3.8, 4) is 5.75 Å². The van der Waals surface area contributed by atoms with Crippen LogP contribution >= 0.6 is 15.9 Å². The van der Waals surface area contributed by atoms with Crippen LogP contribution in [-0.2, 0) is 4.79 Å². The SMILES string of the molecule is COc1ccc(C(=O)NC(C)CC(=O)O)cc1Br. The third-order valence-electron chi connectivity index (χ3n) is 2.27. The van der Waals surface area contributed by atoms with Crippen molar-refractivity contribution in [1.82, 2.24) is 5.32 Å². The van der Waals surface area contributed by atoms with Crippen LogP contribution in [0.2, 0.25) is 0 Å². The summed E-state index contributed by atoms with van der Waals surface area (Å²) in [6.45, 7) is 1.64. The number of methoxy groups -OCH3 is 1. The number of carboxylic acids is 1. The fourth-order valence-electron chi connectivity index (χ4n) is 1.43. The summed E-state index contributed by atoms with van der Waals surface area (Å²) in [7, 11) is 1.54. The van der Waals surface area contributed by atoms with Gasteiger partial charge in [-0.1, -0.05) is 0 Å². The van der Waals surface area contributed by atoms with Gasteiger partial charge < -0.3 is 15.2 Å². The molecule has 0 spiro atoms. The Labute approximate surface area is 113 Å². The predicted octanol–water partition coefficient (Wildman–Crippen LogP) is 2.05. The van der Waals surface area contributed by atoms with E-state index in [-0.39, 0.29) is 12.3 Å². The summed E-state index contributed by atoms with van der Waals surface area (Å²) in [5.74, 6) is -0.629. The van der Waals surface area contributed by atoms with Gasteiger partial charge in [-0.2, -0.15) is 0 Å². The quantitative estimate of drug-likeness (QED) is 0.872. The number of amides is 1. The molecule has 0 heterocycles. The first-order valence-electron chi connectivity index (χ1n) is 5.30. The summed E-state index contributed by atoms with van der Waals surface area (Å²) < 4.78 is 5.73. The summed E-state index contributed by atoms with van der Waals surface area (Å²) in [5.41, 5.74) is 0.444. The number of hydrogen-bond acceptors (Lipinski definition) is 3. The van der Waals surface area contributed by atoms with Crippen LogP contribution in [0, 0.1) is 0 Å². The van der Waals surface area contributed by atoms with Gasteiger partial charge in [0.25, 0.3) is 5.91 Å². The zero-order chi connectivity index (χ0) is 13.7. The molecule has 18 heavy (non-hydrogen) atoms. The highest BCUT2D eigenvalue weighted by Crippen LogP contribution is 2.25. The van der Waals surface area contributed by atoms with Crippen LogP contribution in [0.1, 0.15) is 23.7 Å². The molecule has 1 rings (SSSR count). The highest BCUT2D eigenvalue weighted by molar-refractivity contribution is 9.10. The van der Waals surface area contributed by atoms with Crippen LogP contribution in [0.5, 0.6) is 5.75 Å². The molecule has 1 unspecified atom stereocenters. The Morgan fingerprint density at radius 3 is 2.67 bits per heavy atom. The van der Waals surface area contributed by atoms with Gasteiger partial charge in [-0.15, -0.1) is 0 Å². The number of carbonyl (C=O) groups is 2. The van der Waals surface area contributed by atoms with Crippen molar-refractivity contribution < 1.29 is 19.4 Å². The Kier molecular flexibility index (Phi) is 5.15. The number of hydrogen-bond donors (Lipinski definition) is 2. The lowest BCUT2D eigenvalue weighted by Crippen LogP contribution is -2.34. The molecule has 1 aromatic rings. The van der Waals surface area contributed by atoms with Crippen LogP contribution in [0.25, 0.3) is 0 Å². The smallest absolute Gasteiger partial charge is 0.305 e. The number of aliphatic carboxylic acids is 1. The van der Waals surface area contributed by atoms with Crippen LogP contribution < -0.4 is 10.1 Å². The van der Waals surface area contributed by atoms with Gasteiger partial charge in [0, 0.05) is 11.6 Å². The maximum Gasteiger partial charge on any atom is 0.305 e. The topological polar surface area (TPSA) is 75.6 Å². The van der Waals surface area contributed by atoms with Crippen molar-refractivity contribution in [2.75, 3.05) is 7.11 Å². The highest BCUT2D eigenvalue weighted by atomic mass is 79.9. The van der Waals surface area contributed by atoms with E-state index in [4.69, 9.17) is 9.84 Å². The van der Waals surface area contributed by atoms with E-state index in [1.807, 2.05) is 0 Å². The maximum atomic E-state index is 11.8. The van der Waals surface area contributed by atoms with Crippen LogP contribution in [0.15, 0.2) is 22.7 Å². The minimum atomic E-state index is -0.946. The number of nitrogens with one attached hydrogen (secondary N) is 1. The molecular weight excluding hydrogens is 302 g/mol. The second kappa shape index (κ2) is 6.39. The van der Waals surface area contributed by atoms with Gasteiger partial charge in [0.15, 0.2) is 0 Å². The molecule has 2 N–H and O–H groups in total. The second-order valence-electron chi connectivity index (χ2n) is 3.82. The van der Waals surface area contributed by atoms with Crippen molar-refractivity contribution in [1.29, 1.82) is 0 Å². The summed E-state index contributed by atoms with van der Waals surface area (Å²) >= 11 is 3.28. The van der Waals surface area contributed by atoms with Crippen LogP contribution in [-0.4, -0.2) is 30.1 Å². The molecular formula is C12H14BrNO4. The van der Waals surface area contributed by atoms with E-state index in [9.17, 15) is 9.59 Å². The van der Waals surface area contributed by atoms with E-state index < -0.39 is 12.0 Å². The Bertz CT molecular complexity index is 461. The number of halogens is 1. The Morgan fingerprint density at radius 2 is 2.17 bits per heavy atom. The fourth-order valence-corrected chi connectivity index (χ4v) is 1.97. The van der Waals surface area contributed by atoms with E-state index in [1.54, 1.807) is 25.1 Å². The van der Waals surface area contributed by atoms with Gasteiger partial charge in [-0.25, -0.2) is 0 Å². The lowest BCUT2D eigenvalue weighted by atomic mass is 10.1. The molecule has 0 aliphatic rings. The van der Waals surface area contributed by atoms with Crippen molar-refractivity contribution in [3.05, 3.63) is 28.2 Å². The monoisotopic (exact) mass is 315 g/mol. The van der Waals surface area contributed by atoms with Gasteiger partial charge in [-0.05, 0) is 41.1 Å². The van der Waals surface area contributed by atoms with Crippen LogP contribution in [0.4, 0.5) is 0 Å². The lowest BCUT2D eigenvalue weighted by molar-refractivity contribution is -0.137. The molecule has 0 aliphatic heterocycles. The predicted molar refractivity (Wildman–Crippen MR) is 69.9 cm³/mol. The van der Waals surface area contributed by atoms with E-state index >= 15 is 0 Å². The van der Waals surface area contributed by atoms with Crippen molar-refractivity contribution >= 4 is 27.8 Å². The average molecular weight is 316 g/mol. The first kappa shape index (κ1) is 14.5. The molecule has 0 aromatic heterocycles. The molecule has 0 saturated carbocycles.